The van der Waals surface area contributed by atoms with E-state index in [2.05, 4.69) is 5.16 Å². The summed E-state index contributed by atoms with van der Waals surface area (Å²) < 4.78 is 35.8. The lowest BCUT2D eigenvalue weighted by molar-refractivity contribution is 0.0464. The monoisotopic (exact) mass is 398 g/mol. The van der Waals surface area contributed by atoms with Crippen LogP contribution in [0.5, 0.6) is 0 Å². The van der Waals surface area contributed by atoms with Crippen molar-refractivity contribution in [2.24, 2.45) is 0 Å². The van der Waals surface area contributed by atoms with Gasteiger partial charge >= 0.3 is 5.97 Å². The maximum absolute atomic E-state index is 12.2. The Bertz CT molecular complexity index is 1080. The number of hydrogen-bond acceptors (Lipinski definition) is 6. The Morgan fingerprint density at radius 1 is 1.11 bits per heavy atom. The van der Waals surface area contributed by atoms with E-state index in [4.69, 9.17) is 9.26 Å². The fourth-order valence-corrected chi connectivity index (χ4v) is 4.60. The number of carbonyl (C=O) groups excluding carboxylic acids is 1. The standard InChI is InChI=1S/C20H18N2O5S/c23-20(16-7-9-18(10-8-16)22-11-4-12-28(22,24)25)26-14-17-13-19(27-21-17)15-5-2-1-3-6-15/h1-3,5-10,13H,4,11-12,14H2. The van der Waals surface area contributed by atoms with Gasteiger partial charge in [0.05, 0.1) is 17.0 Å². The lowest BCUT2D eigenvalue weighted by Crippen LogP contribution is -2.25. The van der Waals surface area contributed by atoms with Crippen LogP contribution in [0.25, 0.3) is 11.3 Å². The normalized spacial score (nSPS) is 15.5. The summed E-state index contributed by atoms with van der Waals surface area (Å²) in [5, 5.41) is 3.91. The molecule has 8 heteroatoms. The minimum absolute atomic E-state index is 0.0164. The first-order chi connectivity index (χ1) is 13.5. The zero-order chi connectivity index (χ0) is 19.6. The summed E-state index contributed by atoms with van der Waals surface area (Å²) >= 11 is 0. The molecule has 1 aliphatic heterocycles. The molecule has 0 amide bonds. The number of rotatable bonds is 5. The van der Waals surface area contributed by atoms with E-state index in [0.717, 1.165) is 5.56 Å². The zero-order valence-electron chi connectivity index (χ0n) is 14.9. The maximum atomic E-state index is 12.2. The van der Waals surface area contributed by atoms with E-state index < -0.39 is 16.0 Å². The number of anilines is 1. The number of benzene rings is 2. The SMILES string of the molecule is O=C(OCc1cc(-c2ccccc2)on1)c1ccc(N2CCCS2(=O)=O)cc1. The lowest BCUT2D eigenvalue weighted by Gasteiger charge is -2.16. The van der Waals surface area contributed by atoms with Crippen molar-refractivity contribution in [3.63, 3.8) is 0 Å². The summed E-state index contributed by atoms with van der Waals surface area (Å²) in [5.74, 6) is 0.238. The molecule has 4 rings (SSSR count). The van der Waals surface area contributed by atoms with Crippen LogP contribution in [0.2, 0.25) is 0 Å². The molecule has 144 valence electrons. The first-order valence-corrected chi connectivity index (χ1v) is 10.4. The molecule has 7 nitrogen and oxygen atoms in total. The summed E-state index contributed by atoms with van der Waals surface area (Å²) in [7, 11) is -3.24. The zero-order valence-corrected chi connectivity index (χ0v) is 15.8. The molecule has 1 aromatic heterocycles. The number of esters is 1. The van der Waals surface area contributed by atoms with Crippen LogP contribution in [0.1, 0.15) is 22.5 Å². The molecule has 0 unspecified atom stereocenters. The average molecular weight is 398 g/mol. The Labute approximate surface area is 162 Å². The van der Waals surface area contributed by atoms with Crippen LogP contribution in [-0.4, -0.2) is 31.8 Å². The molecule has 28 heavy (non-hydrogen) atoms. The third-order valence-electron chi connectivity index (χ3n) is 4.46. The Hall–Kier alpha value is -3.13. The van der Waals surface area contributed by atoms with E-state index >= 15 is 0 Å². The Balaban J connectivity index is 1.39. The maximum Gasteiger partial charge on any atom is 0.338 e. The van der Waals surface area contributed by atoms with Crippen LogP contribution in [0.3, 0.4) is 0 Å². The van der Waals surface area contributed by atoms with Gasteiger partial charge in [0, 0.05) is 18.2 Å². The van der Waals surface area contributed by atoms with E-state index in [1.54, 1.807) is 30.3 Å². The summed E-state index contributed by atoms with van der Waals surface area (Å²) in [6.07, 6.45) is 0.606. The van der Waals surface area contributed by atoms with Gasteiger partial charge in [-0.15, -0.1) is 0 Å². The van der Waals surface area contributed by atoms with E-state index in [9.17, 15) is 13.2 Å². The minimum Gasteiger partial charge on any atom is -0.455 e. The van der Waals surface area contributed by atoms with Crippen LogP contribution in [0.4, 0.5) is 5.69 Å². The topological polar surface area (TPSA) is 89.7 Å². The second kappa shape index (κ2) is 7.47. The van der Waals surface area contributed by atoms with E-state index in [-0.39, 0.29) is 12.4 Å². The van der Waals surface area contributed by atoms with E-state index in [1.165, 1.54) is 4.31 Å². The van der Waals surface area contributed by atoms with Gasteiger partial charge in [-0.2, -0.15) is 0 Å². The second-order valence-electron chi connectivity index (χ2n) is 6.41. The summed E-state index contributed by atoms with van der Waals surface area (Å²) in [6.45, 7) is 0.444. The van der Waals surface area contributed by atoms with Crippen LogP contribution in [0.15, 0.2) is 65.2 Å². The van der Waals surface area contributed by atoms with Gasteiger partial charge in [0.2, 0.25) is 10.0 Å². The van der Waals surface area contributed by atoms with Crippen molar-refractivity contribution in [1.82, 2.24) is 5.16 Å². The molecule has 0 N–H and O–H groups in total. The highest BCUT2D eigenvalue weighted by atomic mass is 32.2. The molecule has 0 atom stereocenters. The van der Waals surface area contributed by atoms with Crippen molar-refractivity contribution >= 4 is 21.7 Å². The minimum atomic E-state index is -3.24. The molecule has 3 aromatic rings. The van der Waals surface area contributed by atoms with Crippen molar-refractivity contribution in [2.75, 3.05) is 16.6 Å². The predicted octanol–water partition coefficient (Wildman–Crippen LogP) is 3.24. The van der Waals surface area contributed by atoms with E-state index in [1.807, 2.05) is 30.3 Å². The first-order valence-electron chi connectivity index (χ1n) is 8.81. The van der Waals surface area contributed by atoms with Gasteiger partial charge in [-0.1, -0.05) is 35.5 Å². The molecule has 0 spiro atoms. The van der Waals surface area contributed by atoms with Crippen LogP contribution >= 0.6 is 0 Å². The highest BCUT2D eigenvalue weighted by Crippen LogP contribution is 2.24. The van der Waals surface area contributed by atoms with Gasteiger partial charge in [0.1, 0.15) is 12.3 Å². The van der Waals surface area contributed by atoms with Gasteiger partial charge in [0.25, 0.3) is 0 Å². The number of aromatic nitrogens is 1. The number of sulfonamides is 1. The lowest BCUT2D eigenvalue weighted by atomic mass is 10.2. The van der Waals surface area contributed by atoms with Gasteiger partial charge in [0.15, 0.2) is 5.76 Å². The molecular weight excluding hydrogens is 380 g/mol. The second-order valence-corrected chi connectivity index (χ2v) is 8.43. The highest BCUT2D eigenvalue weighted by molar-refractivity contribution is 7.93. The Kier molecular flexibility index (Phi) is 4.87. The summed E-state index contributed by atoms with van der Waals surface area (Å²) in [6, 6.07) is 17.6. The first kappa shape index (κ1) is 18.2. The third-order valence-corrected chi connectivity index (χ3v) is 6.33. The highest BCUT2D eigenvalue weighted by Gasteiger charge is 2.28. The fourth-order valence-electron chi connectivity index (χ4n) is 3.03. The molecule has 0 radical (unpaired) electrons. The largest absolute Gasteiger partial charge is 0.455 e. The van der Waals surface area contributed by atoms with Gasteiger partial charge in [-0.25, -0.2) is 13.2 Å². The molecule has 0 saturated carbocycles. The molecule has 1 saturated heterocycles. The Morgan fingerprint density at radius 2 is 1.86 bits per heavy atom. The third kappa shape index (κ3) is 3.77. The fraction of sp³-hybridized carbons (Fsp3) is 0.200. The van der Waals surface area contributed by atoms with Crippen molar-refractivity contribution in [3.05, 3.63) is 71.9 Å². The van der Waals surface area contributed by atoms with Gasteiger partial charge < -0.3 is 9.26 Å². The number of carbonyl (C=O) groups is 1. The molecule has 1 fully saturated rings. The number of ether oxygens (including phenoxy) is 1. The molecule has 1 aliphatic rings. The van der Waals surface area contributed by atoms with E-state index in [0.29, 0.717) is 35.7 Å². The molecule has 2 heterocycles. The number of nitrogens with zero attached hydrogens (tertiary/aromatic N) is 2. The van der Waals surface area contributed by atoms with Crippen LogP contribution in [-0.2, 0) is 21.4 Å². The number of hydrogen-bond donors (Lipinski definition) is 0. The molecular formula is C20H18N2O5S. The van der Waals surface area contributed by atoms with Gasteiger partial charge in [-0.05, 0) is 30.7 Å². The Morgan fingerprint density at radius 3 is 2.54 bits per heavy atom. The van der Waals surface area contributed by atoms with Crippen molar-refractivity contribution < 1.29 is 22.5 Å². The van der Waals surface area contributed by atoms with Crippen molar-refractivity contribution in [2.45, 2.75) is 13.0 Å². The predicted molar refractivity (Wildman–Crippen MR) is 103 cm³/mol. The smallest absolute Gasteiger partial charge is 0.338 e. The quantitative estimate of drug-likeness (QED) is 0.613. The summed E-state index contributed by atoms with van der Waals surface area (Å²) in [4.78, 5) is 12.2. The van der Waals surface area contributed by atoms with Gasteiger partial charge in [-0.3, -0.25) is 4.31 Å². The van der Waals surface area contributed by atoms with Crippen LogP contribution in [0, 0.1) is 0 Å². The molecule has 0 aliphatic carbocycles. The average Bonchev–Trinajstić information content (AvgIpc) is 3.33. The van der Waals surface area contributed by atoms with Crippen molar-refractivity contribution in [1.29, 1.82) is 0 Å². The molecule has 2 aromatic carbocycles. The van der Waals surface area contributed by atoms with Crippen LogP contribution < -0.4 is 4.31 Å². The van der Waals surface area contributed by atoms with Crippen molar-refractivity contribution in [3.8, 4) is 11.3 Å². The summed E-state index contributed by atoms with van der Waals surface area (Å²) in [5.41, 5.74) is 2.29. The molecule has 0 bridgehead atoms.